The van der Waals surface area contributed by atoms with Gasteiger partial charge in [-0.15, -0.1) is 0 Å². The van der Waals surface area contributed by atoms with E-state index in [1.165, 1.54) is 11.1 Å². The fourth-order valence-electron chi connectivity index (χ4n) is 2.16. The van der Waals surface area contributed by atoms with Crippen LogP contribution in [0.5, 0.6) is 0 Å². The maximum absolute atomic E-state index is 4.56. The minimum absolute atomic E-state index is 0.189. The van der Waals surface area contributed by atoms with Crippen LogP contribution in [0.4, 0.5) is 0 Å². The van der Waals surface area contributed by atoms with Crippen molar-refractivity contribution in [2.45, 2.75) is 26.3 Å². The third kappa shape index (κ3) is 3.61. The molecule has 0 aliphatic rings. The van der Waals surface area contributed by atoms with E-state index in [4.69, 9.17) is 0 Å². The number of likely N-dealkylation sites (N-methyl/N-ethyl adjacent to an activating group) is 1. The van der Waals surface area contributed by atoms with Crippen molar-refractivity contribution in [3.05, 3.63) is 57.6 Å². The first kappa shape index (κ1) is 14.2. The molecule has 0 bridgehead atoms. The van der Waals surface area contributed by atoms with Gasteiger partial charge < -0.3 is 5.32 Å². The Morgan fingerprint density at radius 2 is 2.00 bits per heavy atom. The molecular weight excluding hydrogens is 302 g/mol. The summed E-state index contributed by atoms with van der Waals surface area (Å²) >= 11 is 3.40. The second-order valence-corrected chi connectivity index (χ2v) is 5.64. The van der Waals surface area contributed by atoms with Gasteiger partial charge in [-0.25, -0.2) is 0 Å². The van der Waals surface area contributed by atoms with Gasteiger partial charge in [0.1, 0.15) is 0 Å². The van der Waals surface area contributed by atoms with Gasteiger partial charge in [-0.05, 0) is 60.1 Å². The molecule has 0 aromatic carbocycles. The molecule has 2 heterocycles. The molecule has 19 heavy (non-hydrogen) atoms. The molecule has 0 saturated heterocycles. The predicted octanol–water partition coefficient (Wildman–Crippen LogP) is 3.36. The van der Waals surface area contributed by atoms with Gasteiger partial charge in [-0.1, -0.05) is 6.07 Å². The van der Waals surface area contributed by atoms with E-state index in [1.807, 2.05) is 31.6 Å². The lowest BCUT2D eigenvalue weighted by atomic mass is 10.0. The number of aryl methyl sites for hydroxylation is 2. The lowest BCUT2D eigenvalue weighted by Crippen LogP contribution is -2.21. The average Bonchev–Trinajstić information content (AvgIpc) is 2.39. The highest BCUT2D eigenvalue weighted by Gasteiger charge is 2.14. The van der Waals surface area contributed by atoms with Crippen molar-refractivity contribution in [3.8, 4) is 0 Å². The Morgan fingerprint density at radius 3 is 2.58 bits per heavy atom. The topological polar surface area (TPSA) is 37.8 Å². The molecule has 1 N–H and O–H groups in total. The molecule has 0 aliphatic heterocycles. The van der Waals surface area contributed by atoms with Crippen molar-refractivity contribution in [2.75, 3.05) is 7.05 Å². The molecule has 4 heteroatoms. The number of hydrogen-bond acceptors (Lipinski definition) is 3. The van der Waals surface area contributed by atoms with Gasteiger partial charge in [-0.2, -0.15) is 0 Å². The van der Waals surface area contributed by atoms with E-state index in [0.717, 1.165) is 22.3 Å². The molecule has 0 aliphatic carbocycles. The summed E-state index contributed by atoms with van der Waals surface area (Å²) in [5.74, 6) is 0. The molecule has 1 unspecified atom stereocenters. The Kier molecular flexibility index (Phi) is 4.66. The molecule has 2 aromatic heterocycles. The van der Waals surface area contributed by atoms with Crippen molar-refractivity contribution in [1.82, 2.24) is 15.3 Å². The van der Waals surface area contributed by atoms with Crippen LogP contribution in [-0.2, 0) is 6.42 Å². The zero-order chi connectivity index (χ0) is 13.8. The fourth-order valence-corrected chi connectivity index (χ4v) is 2.40. The third-order valence-corrected chi connectivity index (χ3v) is 3.60. The number of hydrogen-bond donors (Lipinski definition) is 1. The summed E-state index contributed by atoms with van der Waals surface area (Å²) < 4.78 is 1.00. The normalized spacial score (nSPS) is 12.4. The van der Waals surface area contributed by atoms with E-state index < -0.39 is 0 Å². The summed E-state index contributed by atoms with van der Waals surface area (Å²) in [7, 11) is 1.96. The van der Waals surface area contributed by atoms with Crippen molar-refractivity contribution in [1.29, 1.82) is 0 Å². The number of halogens is 1. The second-order valence-electron chi connectivity index (χ2n) is 4.73. The molecule has 0 saturated carbocycles. The molecule has 2 rings (SSSR count). The highest BCUT2D eigenvalue weighted by Crippen LogP contribution is 2.20. The van der Waals surface area contributed by atoms with Gasteiger partial charge in [0, 0.05) is 29.0 Å². The third-order valence-electron chi connectivity index (χ3n) is 3.14. The zero-order valence-electron chi connectivity index (χ0n) is 11.4. The van der Waals surface area contributed by atoms with Crippen LogP contribution in [0.1, 0.15) is 28.6 Å². The molecule has 1 atom stereocenters. The Labute approximate surface area is 122 Å². The maximum atomic E-state index is 4.56. The van der Waals surface area contributed by atoms with E-state index in [-0.39, 0.29) is 6.04 Å². The first-order chi connectivity index (χ1) is 9.10. The molecule has 0 radical (unpaired) electrons. The number of nitrogens with zero attached hydrogens (tertiary/aromatic N) is 2. The summed E-state index contributed by atoms with van der Waals surface area (Å²) in [5.41, 5.74) is 4.57. The number of nitrogens with one attached hydrogen (secondary N) is 1. The lowest BCUT2D eigenvalue weighted by Gasteiger charge is -2.17. The van der Waals surface area contributed by atoms with Crippen LogP contribution < -0.4 is 5.32 Å². The average molecular weight is 320 g/mol. The standard InChI is InChI=1S/C15H18BrN3/c1-10-6-11(2)15(19-8-10)14(17-3)7-13-5-4-12(16)9-18-13/h4-6,8-9,14,17H,7H2,1-3H3. The Balaban J connectivity index is 2.22. The lowest BCUT2D eigenvalue weighted by molar-refractivity contribution is 0.565. The van der Waals surface area contributed by atoms with Crippen molar-refractivity contribution < 1.29 is 0 Å². The van der Waals surface area contributed by atoms with Crippen LogP contribution in [-0.4, -0.2) is 17.0 Å². The van der Waals surface area contributed by atoms with E-state index >= 15 is 0 Å². The molecule has 0 amide bonds. The molecule has 2 aromatic rings. The Bertz CT molecular complexity index is 552. The quantitative estimate of drug-likeness (QED) is 0.939. The zero-order valence-corrected chi connectivity index (χ0v) is 13.0. The van der Waals surface area contributed by atoms with Gasteiger partial charge >= 0.3 is 0 Å². The van der Waals surface area contributed by atoms with Crippen molar-refractivity contribution in [2.24, 2.45) is 0 Å². The van der Waals surface area contributed by atoms with E-state index in [0.29, 0.717) is 0 Å². The fraction of sp³-hybridized carbons (Fsp3) is 0.333. The number of aromatic nitrogens is 2. The summed E-state index contributed by atoms with van der Waals surface area (Å²) in [6.45, 7) is 4.17. The minimum Gasteiger partial charge on any atom is -0.311 e. The summed E-state index contributed by atoms with van der Waals surface area (Å²) in [6, 6.07) is 6.42. The van der Waals surface area contributed by atoms with E-state index in [2.05, 4.69) is 51.1 Å². The van der Waals surface area contributed by atoms with Crippen molar-refractivity contribution in [3.63, 3.8) is 0 Å². The van der Waals surface area contributed by atoms with Gasteiger partial charge in [-0.3, -0.25) is 9.97 Å². The van der Waals surface area contributed by atoms with Gasteiger partial charge in [0.2, 0.25) is 0 Å². The van der Waals surface area contributed by atoms with Crippen LogP contribution >= 0.6 is 15.9 Å². The van der Waals surface area contributed by atoms with Crippen LogP contribution in [0.2, 0.25) is 0 Å². The smallest absolute Gasteiger partial charge is 0.0606 e. The van der Waals surface area contributed by atoms with Gasteiger partial charge in [0.05, 0.1) is 11.7 Å². The Morgan fingerprint density at radius 1 is 1.21 bits per heavy atom. The molecule has 0 spiro atoms. The summed E-state index contributed by atoms with van der Waals surface area (Å²) in [4.78, 5) is 8.99. The highest BCUT2D eigenvalue weighted by molar-refractivity contribution is 9.10. The minimum atomic E-state index is 0.189. The number of rotatable bonds is 4. The van der Waals surface area contributed by atoms with Gasteiger partial charge in [0.15, 0.2) is 0 Å². The van der Waals surface area contributed by atoms with E-state index in [9.17, 15) is 0 Å². The van der Waals surface area contributed by atoms with Crippen LogP contribution in [0, 0.1) is 13.8 Å². The number of pyridine rings is 2. The molecular formula is C15H18BrN3. The van der Waals surface area contributed by atoms with Crippen LogP contribution in [0.15, 0.2) is 35.1 Å². The molecule has 3 nitrogen and oxygen atoms in total. The second kappa shape index (κ2) is 6.26. The van der Waals surface area contributed by atoms with Crippen LogP contribution in [0.25, 0.3) is 0 Å². The molecule has 100 valence electrons. The first-order valence-electron chi connectivity index (χ1n) is 6.31. The van der Waals surface area contributed by atoms with Crippen LogP contribution in [0.3, 0.4) is 0 Å². The monoisotopic (exact) mass is 319 g/mol. The maximum Gasteiger partial charge on any atom is 0.0606 e. The highest BCUT2D eigenvalue weighted by atomic mass is 79.9. The summed E-state index contributed by atoms with van der Waals surface area (Å²) in [5, 5.41) is 3.33. The predicted molar refractivity (Wildman–Crippen MR) is 81.2 cm³/mol. The largest absolute Gasteiger partial charge is 0.311 e. The molecule has 0 fully saturated rings. The van der Waals surface area contributed by atoms with Gasteiger partial charge in [0.25, 0.3) is 0 Å². The summed E-state index contributed by atoms with van der Waals surface area (Å²) in [6.07, 6.45) is 4.58. The first-order valence-corrected chi connectivity index (χ1v) is 7.10. The van der Waals surface area contributed by atoms with E-state index in [1.54, 1.807) is 0 Å². The van der Waals surface area contributed by atoms with Crippen molar-refractivity contribution >= 4 is 15.9 Å². The Hall–Kier alpha value is -1.26. The SMILES string of the molecule is CNC(Cc1ccc(Br)cn1)c1ncc(C)cc1C.